The van der Waals surface area contributed by atoms with Gasteiger partial charge in [-0.15, -0.1) is 0 Å². The van der Waals surface area contributed by atoms with Gasteiger partial charge in [0, 0.05) is 30.5 Å². The summed E-state index contributed by atoms with van der Waals surface area (Å²) in [6, 6.07) is 5.56. The van der Waals surface area contributed by atoms with Gasteiger partial charge >= 0.3 is 0 Å². The number of carbonyl (C=O) groups is 1. The van der Waals surface area contributed by atoms with E-state index in [0.29, 0.717) is 22.1 Å². The Kier molecular flexibility index (Phi) is 5.17. The lowest BCUT2D eigenvalue weighted by Gasteiger charge is -2.11. The molecule has 3 aromatic rings. The number of halogens is 1. The summed E-state index contributed by atoms with van der Waals surface area (Å²) in [4.78, 5) is 20.9. The molecule has 8 nitrogen and oxygen atoms in total. The van der Waals surface area contributed by atoms with Gasteiger partial charge < -0.3 is 20.8 Å². The average Bonchev–Trinajstić information content (AvgIpc) is 3.40. The van der Waals surface area contributed by atoms with Crippen molar-refractivity contribution in [3.63, 3.8) is 0 Å². The minimum atomic E-state index is -0.885. The lowest BCUT2D eigenvalue weighted by molar-refractivity contribution is 0.0951. The minimum Gasteiger partial charge on any atom is -0.394 e. The second-order valence-electron chi connectivity index (χ2n) is 6.77. The number of nitrogens with zero attached hydrogens (tertiary/aromatic N) is 3. The van der Waals surface area contributed by atoms with Gasteiger partial charge in [-0.3, -0.25) is 9.20 Å². The molecule has 28 heavy (non-hydrogen) atoms. The standard InChI is InChI=1S/C19H20ClN5O3/c20-15-7-11(1-4-14(15)19(28)24-12-2-3-12)16-9-23-18-17(21-5-6-25(16)18)22-8-13(27)10-26/h1,4-7,9,12-13,26-27H,2-3,8,10H2,(H,21,22)(H,24,28). The van der Waals surface area contributed by atoms with E-state index in [9.17, 15) is 9.90 Å². The zero-order valence-electron chi connectivity index (χ0n) is 15.0. The number of nitrogens with one attached hydrogen (secondary N) is 2. The SMILES string of the molecule is O=C(NC1CC1)c1ccc(-c2cnc3c(NCC(O)CO)nccn23)cc1Cl. The van der Waals surface area contributed by atoms with Gasteiger partial charge in [0.2, 0.25) is 0 Å². The number of aliphatic hydroxyl groups is 2. The first-order valence-corrected chi connectivity index (χ1v) is 9.40. The van der Waals surface area contributed by atoms with Crippen LogP contribution in [0.3, 0.4) is 0 Å². The van der Waals surface area contributed by atoms with Crippen LogP contribution in [0.5, 0.6) is 0 Å². The number of benzene rings is 1. The molecule has 1 atom stereocenters. The molecule has 2 heterocycles. The number of rotatable bonds is 7. The number of fused-ring (bicyclic) bond motifs is 1. The molecule has 1 aromatic carbocycles. The van der Waals surface area contributed by atoms with Gasteiger partial charge in [-0.1, -0.05) is 17.7 Å². The lowest BCUT2D eigenvalue weighted by Crippen LogP contribution is -2.25. The molecule has 1 aliphatic rings. The molecule has 146 valence electrons. The molecule has 0 aliphatic heterocycles. The van der Waals surface area contributed by atoms with Crippen molar-refractivity contribution in [2.75, 3.05) is 18.5 Å². The Morgan fingerprint density at radius 2 is 2.18 bits per heavy atom. The van der Waals surface area contributed by atoms with E-state index in [1.807, 2.05) is 10.5 Å². The number of aromatic nitrogens is 3. The van der Waals surface area contributed by atoms with Gasteiger partial charge in [0.05, 0.1) is 35.2 Å². The Labute approximate surface area is 166 Å². The molecule has 0 spiro atoms. The molecule has 1 amide bonds. The van der Waals surface area contributed by atoms with E-state index in [1.54, 1.807) is 30.7 Å². The van der Waals surface area contributed by atoms with E-state index >= 15 is 0 Å². The third-order valence-corrected chi connectivity index (χ3v) is 4.88. The van der Waals surface area contributed by atoms with Gasteiger partial charge in [-0.2, -0.15) is 0 Å². The fourth-order valence-corrected chi connectivity index (χ4v) is 3.15. The second kappa shape index (κ2) is 7.75. The number of hydrogen-bond acceptors (Lipinski definition) is 6. The normalized spacial score (nSPS) is 14.8. The van der Waals surface area contributed by atoms with Crippen LogP contribution in [0.25, 0.3) is 16.9 Å². The first-order chi connectivity index (χ1) is 13.6. The minimum absolute atomic E-state index is 0.155. The maximum atomic E-state index is 12.3. The summed E-state index contributed by atoms with van der Waals surface area (Å²) in [5.41, 5.74) is 2.63. The van der Waals surface area contributed by atoms with Gasteiger partial charge in [-0.25, -0.2) is 9.97 Å². The van der Waals surface area contributed by atoms with Crippen molar-refractivity contribution in [1.29, 1.82) is 0 Å². The van der Waals surface area contributed by atoms with Crippen LogP contribution in [-0.4, -0.2) is 55.8 Å². The third kappa shape index (κ3) is 3.80. The zero-order chi connectivity index (χ0) is 19.7. The number of anilines is 1. The van der Waals surface area contributed by atoms with Crippen molar-refractivity contribution in [2.45, 2.75) is 25.0 Å². The van der Waals surface area contributed by atoms with Crippen LogP contribution in [0, 0.1) is 0 Å². The summed E-state index contributed by atoms with van der Waals surface area (Å²) in [7, 11) is 0. The number of imidazole rings is 1. The van der Waals surface area contributed by atoms with E-state index in [4.69, 9.17) is 16.7 Å². The lowest BCUT2D eigenvalue weighted by atomic mass is 10.1. The molecule has 4 rings (SSSR count). The van der Waals surface area contributed by atoms with Crippen molar-refractivity contribution < 1.29 is 15.0 Å². The number of carbonyl (C=O) groups excluding carboxylic acids is 1. The molecule has 1 aliphatic carbocycles. The van der Waals surface area contributed by atoms with E-state index in [-0.39, 0.29) is 25.1 Å². The highest BCUT2D eigenvalue weighted by atomic mass is 35.5. The number of aliphatic hydroxyl groups excluding tert-OH is 2. The van der Waals surface area contributed by atoms with Gasteiger partial charge in [0.25, 0.3) is 5.91 Å². The summed E-state index contributed by atoms with van der Waals surface area (Å²) >= 11 is 6.36. The van der Waals surface area contributed by atoms with Gasteiger partial charge in [-0.05, 0) is 25.0 Å². The predicted octanol–water partition coefficient (Wildman–Crippen LogP) is 1.71. The van der Waals surface area contributed by atoms with E-state index in [1.165, 1.54) is 0 Å². The summed E-state index contributed by atoms with van der Waals surface area (Å²) in [6.07, 6.45) is 6.23. The first-order valence-electron chi connectivity index (χ1n) is 9.02. The highest BCUT2D eigenvalue weighted by molar-refractivity contribution is 6.34. The largest absolute Gasteiger partial charge is 0.394 e. The van der Waals surface area contributed by atoms with Crippen molar-refractivity contribution in [3.05, 3.63) is 47.4 Å². The quantitative estimate of drug-likeness (QED) is 0.479. The van der Waals surface area contributed by atoms with Crippen molar-refractivity contribution >= 4 is 29.0 Å². The molecule has 1 saturated carbocycles. The molecule has 0 saturated heterocycles. The monoisotopic (exact) mass is 401 g/mol. The van der Waals surface area contributed by atoms with Crippen LogP contribution in [0.1, 0.15) is 23.2 Å². The number of amides is 1. The zero-order valence-corrected chi connectivity index (χ0v) is 15.7. The van der Waals surface area contributed by atoms with Crippen molar-refractivity contribution in [1.82, 2.24) is 19.7 Å². The van der Waals surface area contributed by atoms with Gasteiger partial charge in [0.1, 0.15) is 0 Å². The van der Waals surface area contributed by atoms with E-state index < -0.39 is 6.10 Å². The van der Waals surface area contributed by atoms with Crippen LogP contribution in [0.2, 0.25) is 5.02 Å². The second-order valence-corrected chi connectivity index (χ2v) is 7.18. The van der Waals surface area contributed by atoms with Crippen molar-refractivity contribution in [3.8, 4) is 11.3 Å². The first kappa shape index (κ1) is 18.7. The fraction of sp³-hybridized carbons (Fsp3) is 0.316. The van der Waals surface area contributed by atoms with Crippen molar-refractivity contribution in [2.24, 2.45) is 0 Å². The molecule has 9 heteroatoms. The maximum absolute atomic E-state index is 12.3. The fourth-order valence-electron chi connectivity index (χ4n) is 2.89. The maximum Gasteiger partial charge on any atom is 0.253 e. The Hall–Kier alpha value is -2.68. The molecule has 1 unspecified atom stereocenters. The highest BCUT2D eigenvalue weighted by Crippen LogP contribution is 2.28. The summed E-state index contributed by atoms with van der Waals surface area (Å²) < 4.78 is 1.84. The summed E-state index contributed by atoms with van der Waals surface area (Å²) in [5.74, 6) is 0.336. The van der Waals surface area contributed by atoms with Gasteiger partial charge in [0.15, 0.2) is 11.5 Å². The Bertz CT molecular complexity index is 1020. The topological polar surface area (TPSA) is 112 Å². The molecule has 0 bridgehead atoms. The Morgan fingerprint density at radius 3 is 2.89 bits per heavy atom. The molecule has 1 fully saturated rings. The van der Waals surface area contributed by atoms with E-state index in [0.717, 1.165) is 24.1 Å². The third-order valence-electron chi connectivity index (χ3n) is 4.57. The van der Waals surface area contributed by atoms with Crippen LogP contribution >= 0.6 is 11.6 Å². The Balaban J connectivity index is 1.62. The Morgan fingerprint density at radius 1 is 1.36 bits per heavy atom. The molecule has 2 aromatic heterocycles. The van der Waals surface area contributed by atoms with Crippen LogP contribution in [-0.2, 0) is 0 Å². The smallest absolute Gasteiger partial charge is 0.253 e. The van der Waals surface area contributed by atoms with Crippen LogP contribution < -0.4 is 10.6 Å². The predicted molar refractivity (Wildman–Crippen MR) is 106 cm³/mol. The van der Waals surface area contributed by atoms with Crippen LogP contribution in [0.15, 0.2) is 36.8 Å². The average molecular weight is 402 g/mol. The number of hydrogen-bond donors (Lipinski definition) is 4. The van der Waals surface area contributed by atoms with Crippen LogP contribution in [0.4, 0.5) is 5.82 Å². The molecule has 0 radical (unpaired) electrons. The summed E-state index contributed by atoms with van der Waals surface area (Å²) in [6.45, 7) is -0.184. The molecular weight excluding hydrogens is 382 g/mol. The molecular formula is C19H20ClN5O3. The highest BCUT2D eigenvalue weighted by Gasteiger charge is 2.25. The van der Waals surface area contributed by atoms with E-state index in [2.05, 4.69) is 20.6 Å². The molecule has 4 N–H and O–H groups in total. The summed E-state index contributed by atoms with van der Waals surface area (Å²) in [5, 5.41) is 24.8.